The summed E-state index contributed by atoms with van der Waals surface area (Å²) in [7, 11) is 1.37. The summed E-state index contributed by atoms with van der Waals surface area (Å²) in [4.78, 5) is 26.5. The molecule has 19 heavy (non-hydrogen) atoms. The Labute approximate surface area is 116 Å². The molecule has 1 aromatic heterocycles. The summed E-state index contributed by atoms with van der Waals surface area (Å²) in [6, 6.07) is 0. The van der Waals surface area contributed by atoms with Crippen molar-refractivity contribution in [1.82, 2.24) is 4.98 Å². The average Bonchev–Trinajstić information content (AvgIpc) is 2.75. The fraction of sp³-hybridized carbons (Fsp3) is 0.583. The van der Waals surface area contributed by atoms with E-state index in [4.69, 9.17) is 4.74 Å². The van der Waals surface area contributed by atoms with E-state index in [1.54, 1.807) is 13.8 Å². The minimum Gasteiger partial charge on any atom is -0.469 e. The summed E-state index contributed by atoms with van der Waals surface area (Å²) in [5, 5.41) is 4.91. The van der Waals surface area contributed by atoms with Crippen LogP contribution >= 0.6 is 11.3 Å². The molecule has 0 spiro atoms. The number of nitrogens with one attached hydrogen (secondary N) is 1. The van der Waals surface area contributed by atoms with Crippen LogP contribution in [0.3, 0.4) is 0 Å². The van der Waals surface area contributed by atoms with E-state index in [1.807, 2.05) is 5.38 Å². The van der Waals surface area contributed by atoms with Crippen molar-refractivity contribution in [1.29, 1.82) is 0 Å². The molecule has 1 aromatic rings. The SMILES string of the molecule is COC(=O)CCCc1csc(NC(=O)OC(C)C)n1. The first-order valence-corrected chi connectivity index (χ1v) is 6.88. The Hall–Kier alpha value is -1.63. The summed E-state index contributed by atoms with van der Waals surface area (Å²) in [6.07, 6.45) is 1.04. The molecule has 0 atom stereocenters. The molecule has 7 heteroatoms. The van der Waals surface area contributed by atoms with Crippen molar-refractivity contribution in [3.05, 3.63) is 11.1 Å². The maximum atomic E-state index is 11.3. The number of hydrogen-bond acceptors (Lipinski definition) is 6. The molecule has 1 rings (SSSR count). The number of amides is 1. The predicted molar refractivity (Wildman–Crippen MR) is 72.3 cm³/mol. The standard InChI is InChI=1S/C12H18N2O4S/c1-8(2)18-12(16)14-11-13-9(7-19-11)5-4-6-10(15)17-3/h7-8H,4-6H2,1-3H3,(H,13,14,16). The smallest absolute Gasteiger partial charge is 0.413 e. The first-order valence-electron chi connectivity index (χ1n) is 6.00. The average molecular weight is 286 g/mol. The Morgan fingerprint density at radius 3 is 2.84 bits per heavy atom. The molecule has 0 aliphatic carbocycles. The lowest BCUT2D eigenvalue weighted by Gasteiger charge is -2.06. The molecule has 6 nitrogen and oxygen atoms in total. The molecular weight excluding hydrogens is 268 g/mol. The molecule has 0 unspecified atom stereocenters. The lowest BCUT2D eigenvalue weighted by Crippen LogP contribution is -2.17. The van der Waals surface area contributed by atoms with Gasteiger partial charge in [-0.2, -0.15) is 0 Å². The topological polar surface area (TPSA) is 77.5 Å². The van der Waals surface area contributed by atoms with E-state index in [-0.39, 0.29) is 12.1 Å². The monoisotopic (exact) mass is 286 g/mol. The fourth-order valence-corrected chi connectivity index (χ4v) is 2.06. The van der Waals surface area contributed by atoms with Crippen molar-refractivity contribution >= 4 is 28.5 Å². The largest absolute Gasteiger partial charge is 0.469 e. The molecule has 0 saturated carbocycles. The molecule has 106 valence electrons. The Morgan fingerprint density at radius 2 is 2.21 bits per heavy atom. The van der Waals surface area contributed by atoms with Gasteiger partial charge in [0.05, 0.1) is 18.9 Å². The van der Waals surface area contributed by atoms with E-state index in [1.165, 1.54) is 18.4 Å². The number of aryl methyl sites for hydroxylation is 1. The molecule has 1 N–H and O–H groups in total. The molecule has 1 amide bonds. The number of carbonyl (C=O) groups is 2. The van der Waals surface area contributed by atoms with Crippen molar-refractivity contribution < 1.29 is 19.1 Å². The highest BCUT2D eigenvalue weighted by Crippen LogP contribution is 2.17. The van der Waals surface area contributed by atoms with Gasteiger partial charge < -0.3 is 9.47 Å². The van der Waals surface area contributed by atoms with Crippen LogP contribution in [0.5, 0.6) is 0 Å². The van der Waals surface area contributed by atoms with Gasteiger partial charge in [0.2, 0.25) is 0 Å². The van der Waals surface area contributed by atoms with Crippen LogP contribution in [0.25, 0.3) is 0 Å². The third kappa shape index (κ3) is 6.19. The third-order valence-electron chi connectivity index (χ3n) is 2.14. The van der Waals surface area contributed by atoms with Crippen LogP contribution in [0.4, 0.5) is 9.93 Å². The summed E-state index contributed by atoms with van der Waals surface area (Å²) in [6.45, 7) is 3.55. The van der Waals surface area contributed by atoms with Crippen LogP contribution in [0.2, 0.25) is 0 Å². The first kappa shape index (κ1) is 15.4. The molecular formula is C12H18N2O4S. The van der Waals surface area contributed by atoms with E-state index < -0.39 is 6.09 Å². The lowest BCUT2D eigenvalue weighted by molar-refractivity contribution is -0.140. The zero-order valence-electron chi connectivity index (χ0n) is 11.3. The summed E-state index contributed by atoms with van der Waals surface area (Å²) in [5.41, 5.74) is 0.841. The van der Waals surface area contributed by atoms with Gasteiger partial charge in [0, 0.05) is 11.8 Å². The predicted octanol–water partition coefficient (Wildman–Crippen LogP) is 2.60. The number of esters is 1. The van der Waals surface area contributed by atoms with Gasteiger partial charge in [0.15, 0.2) is 5.13 Å². The number of hydrogen-bond donors (Lipinski definition) is 1. The Kier molecular flexibility index (Phi) is 6.27. The van der Waals surface area contributed by atoms with Gasteiger partial charge in [-0.1, -0.05) is 0 Å². The van der Waals surface area contributed by atoms with E-state index in [2.05, 4.69) is 15.0 Å². The lowest BCUT2D eigenvalue weighted by atomic mass is 10.2. The number of rotatable bonds is 6. The quantitative estimate of drug-likeness (QED) is 0.813. The van der Waals surface area contributed by atoms with Gasteiger partial charge in [0.25, 0.3) is 0 Å². The third-order valence-corrected chi connectivity index (χ3v) is 2.95. The van der Waals surface area contributed by atoms with Gasteiger partial charge in [-0.3, -0.25) is 10.1 Å². The fourth-order valence-electron chi connectivity index (χ4n) is 1.33. The molecule has 0 aromatic carbocycles. The van der Waals surface area contributed by atoms with Crippen LogP contribution in [-0.2, 0) is 20.7 Å². The highest BCUT2D eigenvalue weighted by Gasteiger charge is 2.09. The number of thiazole rings is 1. The molecule has 0 saturated heterocycles. The Bertz CT molecular complexity index is 431. The second-order valence-electron chi connectivity index (χ2n) is 4.15. The molecule has 1 heterocycles. The van der Waals surface area contributed by atoms with E-state index >= 15 is 0 Å². The molecule has 0 aliphatic heterocycles. The molecule has 0 bridgehead atoms. The molecule has 0 fully saturated rings. The highest BCUT2D eigenvalue weighted by molar-refractivity contribution is 7.13. The van der Waals surface area contributed by atoms with Gasteiger partial charge in [-0.25, -0.2) is 9.78 Å². The van der Waals surface area contributed by atoms with Crippen molar-refractivity contribution in [3.8, 4) is 0 Å². The second kappa shape index (κ2) is 7.73. The van der Waals surface area contributed by atoms with Crippen LogP contribution in [0.15, 0.2) is 5.38 Å². The minimum atomic E-state index is -0.509. The normalized spacial score (nSPS) is 10.3. The minimum absolute atomic E-state index is 0.167. The maximum Gasteiger partial charge on any atom is 0.413 e. The Balaban J connectivity index is 2.36. The zero-order chi connectivity index (χ0) is 14.3. The van der Waals surface area contributed by atoms with E-state index in [9.17, 15) is 9.59 Å². The van der Waals surface area contributed by atoms with Crippen LogP contribution in [0.1, 0.15) is 32.4 Å². The number of carbonyl (C=O) groups excluding carboxylic acids is 2. The molecule has 0 aliphatic rings. The highest BCUT2D eigenvalue weighted by atomic mass is 32.1. The van der Waals surface area contributed by atoms with E-state index in [0.29, 0.717) is 24.4 Å². The number of ether oxygens (including phenoxy) is 2. The number of methoxy groups -OCH3 is 1. The number of nitrogens with zero attached hydrogens (tertiary/aromatic N) is 1. The van der Waals surface area contributed by atoms with Gasteiger partial charge >= 0.3 is 12.1 Å². The summed E-state index contributed by atoms with van der Waals surface area (Å²) >= 11 is 1.33. The van der Waals surface area contributed by atoms with Crippen LogP contribution in [-0.4, -0.2) is 30.3 Å². The maximum absolute atomic E-state index is 11.3. The Morgan fingerprint density at radius 1 is 1.47 bits per heavy atom. The number of anilines is 1. The summed E-state index contributed by atoms with van der Waals surface area (Å²) < 4.78 is 9.50. The first-order chi connectivity index (χ1) is 9.01. The summed E-state index contributed by atoms with van der Waals surface area (Å²) in [5.74, 6) is -0.228. The second-order valence-corrected chi connectivity index (χ2v) is 5.01. The van der Waals surface area contributed by atoms with Gasteiger partial charge in [0.1, 0.15) is 0 Å². The van der Waals surface area contributed by atoms with Crippen LogP contribution in [0, 0.1) is 0 Å². The van der Waals surface area contributed by atoms with Gasteiger partial charge in [-0.15, -0.1) is 11.3 Å². The van der Waals surface area contributed by atoms with Crippen molar-refractivity contribution in [3.63, 3.8) is 0 Å². The van der Waals surface area contributed by atoms with E-state index in [0.717, 1.165) is 5.69 Å². The zero-order valence-corrected chi connectivity index (χ0v) is 12.1. The van der Waals surface area contributed by atoms with Crippen molar-refractivity contribution in [2.24, 2.45) is 0 Å². The van der Waals surface area contributed by atoms with Crippen molar-refractivity contribution in [2.45, 2.75) is 39.2 Å². The van der Waals surface area contributed by atoms with Gasteiger partial charge in [-0.05, 0) is 26.7 Å². The molecule has 0 radical (unpaired) electrons. The van der Waals surface area contributed by atoms with Crippen molar-refractivity contribution in [2.75, 3.05) is 12.4 Å². The number of aromatic nitrogens is 1. The van der Waals surface area contributed by atoms with Crippen LogP contribution < -0.4 is 5.32 Å².